The zero-order valence-corrected chi connectivity index (χ0v) is 19.1. The Bertz CT molecular complexity index is 945. The van der Waals surface area contributed by atoms with E-state index < -0.39 is 10.8 Å². The minimum atomic E-state index is -0.908. The molecule has 2 aromatic rings. The summed E-state index contributed by atoms with van der Waals surface area (Å²) in [7, 11) is 1.71. The van der Waals surface area contributed by atoms with Crippen molar-refractivity contribution in [2.75, 3.05) is 20.1 Å². The molecule has 8 heteroatoms. The first kappa shape index (κ1) is 22.9. The van der Waals surface area contributed by atoms with Crippen LogP contribution in [0.2, 0.25) is 10.0 Å². The van der Waals surface area contributed by atoms with E-state index >= 15 is 0 Å². The summed E-state index contributed by atoms with van der Waals surface area (Å²) in [6.45, 7) is 4.25. The van der Waals surface area contributed by atoms with Crippen LogP contribution < -0.4 is 0 Å². The van der Waals surface area contributed by atoms with Gasteiger partial charge in [-0.3, -0.25) is 9.59 Å². The number of likely N-dealkylation sites (N-methyl/N-ethyl adjacent to an activating group) is 1. The van der Waals surface area contributed by atoms with E-state index in [2.05, 4.69) is 0 Å². The quantitative estimate of drug-likeness (QED) is 0.424. The van der Waals surface area contributed by atoms with Crippen molar-refractivity contribution in [2.45, 2.75) is 31.2 Å². The van der Waals surface area contributed by atoms with Crippen molar-refractivity contribution in [1.82, 2.24) is 9.80 Å². The van der Waals surface area contributed by atoms with Gasteiger partial charge in [-0.1, -0.05) is 35.3 Å². The van der Waals surface area contributed by atoms with Crippen LogP contribution in [0.15, 0.2) is 42.5 Å². The molecule has 0 radical (unpaired) electrons. The molecule has 1 heterocycles. The van der Waals surface area contributed by atoms with Gasteiger partial charge >= 0.3 is 5.37 Å². The van der Waals surface area contributed by atoms with E-state index in [1.54, 1.807) is 56.1 Å². The lowest BCUT2D eigenvalue weighted by atomic mass is 9.82. The summed E-state index contributed by atoms with van der Waals surface area (Å²) in [5, 5.41) is 0.321. The second-order valence-electron chi connectivity index (χ2n) is 8.08. The van der Waals surface area contributed by atoms with Gasteiger partial charge in [-0.25, -0.2) is 4.39 Å². The zero-order chi connectivity index (χ0) is 22.2. The molecule has 1 aliphatic rings. The number of likely N-dealkylation sites (tertiary alicyclic amines) is 1. The molecule has 0 aliphatic carbocycles. The first-order valence-electron chi connectivity index (χ1n) is 9.44. The molecular weight excluding hydrogens is 450 g/mol. The van der Waals surface area contributed by atoms with E-state index in [1.807, 2.05) is 0 Å². The molecule has 30 heavy (non-hydrogen) atoms. The van der Waals surface area contributed by atoms with Crippen molar-refractivity contribution in [3.63, 3.8) is 0 Å². The van der Waals surface area contributed by atoms with Crippen molar-refractivity contribution in [1.29, 1.82) is 0 Å². The average Bonchev–Trinajstić information content (AvgIpc) is 3.12. The van der Waals surface area contributed by atoms with Gasteiger partial charge in [0.2, 0.25) is 5.91 Å². The van der Waals surface area contributed by atoms with Crippen LogP contribution in [-0.2, 0) is 10.2 Å². The minimum absolute atomic E-state index is 0.151. The molecular formula is C22H22Cl3FN2O2. The van der Waals surface area contributed by atoms with Gasteiger partial charge in [0.25, 0.3) is 0 Å². The lowest BCUT2D eigenvalue weighted by Gasteiger charge is -2.35. The average molecular weight is 472 g/mol. The van der Waals surface area contributed by atoms with Gasteiger partial charge in [-0.05, 0) is 66.9 Å². The summed E-state index contributed by atoms with van der Waals surface area (Å²) >= 11 is 18.0. The van der Waals surface area contributed by atoms with E-state index in [4.69, 9.17) is 34.8 Å². The molecule has 0 N–H and O–H groups in total. The van der Waals surface area contributed by atoms with Crippen molar-refractivity contribution >= 4 is 46.1 Å². The van der Waals surface area contributed by atoms with Gasteiger partial charge in [0.05, 0.1) is 11.5 Å². The number of halogens is 4. The Balaban J connectivity index is 1.93. The Kier molecular flexibility index (Phi) is 6.66. The first-order chi connectivity index (χ1) is 14.0. The Labute approximate surface area is 190 Å². The van der Waals surface area contributed by atoms with Crippen LogP contribution in [-0.4, -0.2) is 47.3 Å². The predicted molar refractivity (Wildman–Crippen MR) is 118 cm³/mol. The molecule has 0 saturated carbocycles. The van der Waals surface area contributed by atoms with Gasteiger partial charge in [0.1, 0.15) is 5.82 Å². The molecule has 160 valence electrons. The van der Waals surface area contributed by atoms with E-state index in [9.17, 15) is 14.0 Å². The fraction of sp³-hybridized carbons (Fsp3) is 0.364. The van der Waals surface area contributed by atoms with Crippen LogP contribution in [0, 0.1) is 5.82 Å². The molecule has 0 unspecified atom stereocenters. The predicted octanol–water partition coefficient (Wildman–Crippen LogP) is 5.70. The summed E-state index contributed by atoms with van der Waals surface area (Å²) < 4.78 is 13.4. The molecule has 4 nitrogen and oxygen atoms in total. The molecule has 1 saturated heterocycles. The zero-order valence-electron chi connectivity index (χ0n) is 16.8. The van der Waals surface area contributed by atoms with E-state index in [1.165, 1.54) is 17.0 Å². The Morgan fingerprint density at radius 1 is 1.07 bits per heavy atom. The number of hydrogen-bond acceptors (Lipinski definition) is 2. The highest BCUT2D eigenvalue weighted by molar-refractivity contribution is 6.62. The highest BCUT2D eigenvalue weighted by atomic mass is 35.5. The van der Waals surface area contributed by atoms with Crippen molar-refractivity contribution in [3.05, 3.63) is 69.5 Å². The van der Waals surface area contributed by atoms with E-state index in [0.717, 1.165) is 5.56 Å². The largest absolute Gasteiger partial charge is 0.340 e. The molecule has 0 bridgehead atoms. The molecule has 1 aliphatic heterocycles. The van der Waals surface area contributed by atoms with Crippen LogP contribution in [0.5, 0.6) is 0 Å². The number of amides is 2. The molecule has 2 atom stereocenters. The summed E-state index contributed by atoms with van der Waals surface area (Å²) in [5.74, 6) is -0.690. The van der Waals surface area contributed by atoms with Gasteiger partial charge in [0, 0.05) is 36.1 Å². The van der Waals surface area contributed by atoms with E-state index in [-0.39, 0.29) is 23.7 Å². The summed E-state index contributed by atoms with van der Waals surface area (Å²) in [5.41, 5.74) is 0.623. The molecule has 0 aromatic heterocycles. The normalized spacial score (nSPS) is 19.1. The third kappa shape index (κ3) is 4.58. The third-order valence-corrected chi connectivity index (χ3v) is 6.45. The minimum Gasteiger partial charge on any atom is -0.340 e. The van der Waals surface area contributed by atoms with Gasteiger partial charge < -0.3 is 9.80 Å². The Morgan fingerprint density at radius 2 is 1.63 bits per heavy atom. The van der Waals surface area contributed by atoms with Crippen LogP contribution in [0.3, 0.4) is 0 Å². The second-order valence-corrected chi connectivity index (χ2v) is 9.28. The molecule has 2 aromatic carbocycles. The summed E-state index contributed by atoms with van der Waals surface area (Å²) in [6, 6.07) is 10.8. The lowest BCUT2D eigenvalue weighted by Crippen LogP contribution is -2.49. The molecule has 2 amide bonds. The maximum atomic E-state index is 13.5. The van der Waals surface area contributed by atoms with Gasteiger partial charge in [0.15, 0.2) is 0 Å². The SMILES string of the molecule is CN(C(=O)C(C)(C)c1cc(Cl)cc(Cl)c1)[C@@H]1CN(C(=O)Cl)C[C@H]1c1ccc(F)cc1. The number of hydrogen-bond donors (Lipinski definition) is 0. The number of carbonyl (C=O) groups excluding carboxylic acids is 2. The van der Waals surface area contributed by atoms with Gasteiger partial charge in [-0.2, -0.15) is 0 Å². The maximum Gasteiger partial charge on any atom is 0.316 e. The Morgan fingerprint density at radius 3 is 2.17 bits per heavy atom. The highest BCUT2D eigenvalue weighted by Crippen LogP contribution is 2.36. The summed E-state index contributed by atoms with van der Waals surface area (Å²) in [6.07, 6.45) is 0. The summed E-state index contributed by atoms with van der Waals surface area (Å²) in [4.78, 5) is 28.5. The monoisotopic (exact) mass is 470 g/mol. The standard InChI is InChI=1S/C22H22Cl3FN2O2/c1-22(2,14-8-15(23)10-16(24)9-14)20(29)27(3)19-12-28(21(25)30)11-18(19)13-4-6-17(26)7-5-13/h4-10,18-19H,11-12H2,1-3H3/t18-,19+/m0/s1. The second kappa shape index (κ2) is 8.74. The number of rotatable bonds is 4. The van der Waals surface area contributed by atoms with Crippen LogP contribution >= 0.6 is 34.8 Å². The molecule has 1 fully saturated rings. The fourth-order valence-corrected chi connectivity index (χ4v) is 4.65. The maximum absolute atomic E-state index is 13.5. The van der Waals surface area contributed by atoms with E-state index in [0.29, 0.717) is 28.7 Å². The smallest absolute Gasteiger partial charge is 0.316 e. The molecule has 0 spiro atoms. The number of nitrogens with zero attached hydrogens (tertiary/aromatic N) is 2. The van der Waals surface area contributed by atoms with Crippen molar-refractivity contribution in [3.8, 4) is 0 Å². The Hall–Kier alpha value is -1.82. The highest BCUT2D eigenvalue weighted by Gasteiger charge is 2.43. The van der Waals surface area contributed by atoms with Gasteiger partial charge in [-0.15, -0.1) is 0 Å². The fourth-order valence-electron chi connectivity index (χ4n) is 3.99. The third-order valence-electron chi connectivity index (χ3n) is 5.77. The molecule has 3 rings (SSSR count). The van der Waals surface area contributed by atoms with Crippen LogP contribution in [0.4, 0.5) is 9.18 Å². The van der Waals surface area contributed by atoms with Crippen molar-refractivity contribution in [2.24, 2.45) is 0 Å². The number of carbonyl (C=O) groups is 2. The van der Waals surface area contributed by atoms with Crippen molar-refractivity contribution < 1.29 is 14.0 Å². The van der Waals surface area contributed by atoms with Crippen LogP contribution in [0.25, 0.3) is 0 Å². The first-order valence-corrected chi connectivity index (χ1v) is 10.6. The topological polar surface area (TPSA) is 40.6 Å². The van der Waals surface area contributed by atoms with Crippen LogP contribution in [0.1, 0.15) is 30.9 Å². The lowest BCUT2D eigenvalue weighted by molar-refractivity contribution is -0.137. The number of benzene rings is 2.